The van der Waals surface area contributed by atoms with Crippen LogP contribution in [-0.4, -0.2) is 23.6 Å². The van der Waals surface area contributed by atoms with Crippen molar-refractivity contribution in [2.75, 3.05) is 19.0 Å². The van der Waals surface area contributed by atoms with Crippen molar-refractivity contribution in [3.63, 3.8) is 0 Å². The summed E-state index contributed by atoms with van der Waals surface area (Å²) in [6.07, 6.45) is 2.04. The Morgan fingerprint density at radius 1 is 1.21 bits per heavy atom. The van der Waals surface area contributed by atoms with Crippen molar-refractivity contribution in [2.24, 2.45) is 0 Å². The number of H-pyrrole nitrogens is 1. The molecule has 2 aromatic carbocycles. The Kier molecular flexibility index (Phi) is 4.73. The highest BCUT2D eigenvalue weighted by molar-refractivity contribution is 5.84. The fourth-order valence-corrected chi connectivity index (χ4v) is 3.44. The Morgan fingerprint density at radius 2 is 2.00 bits per heavy atom. The number of oxazole rings is 1. The first-order valence-corrected chi connectivity index (χ1v) is 9.01. The molecule has 1 atom stereocenters. The summed E-state index contributed by atoms with van der Waals surface area (Å²) < 4.78 is 10.9. The van der Waals surface area contributed by atoms with E-state index in [1.54, 1.807) is 14.0 Å². The topological polar surface area (TPSA) is 86.9 Å². The third-order valence-electron chi connectivity index (χ3n) is 4.82. The lowest BCUT2D eigenvalue weighted by Crippen LogP contribution is -2.14. The molecule has 140 valence electrons. The lowest BCUT2D eigenvalue weighted by Gasteiger charge is -2.18. The number of nitrogens with one attached hydrogen (secondary N) is 2. The maximum Gasteiger partial charge on any atom is 0.232 e. The number of anilines is 1. The summed E-state index contributed by atoms with van der Waals surface area (Å²) in [5.41, 5.74) is 3.66. The number of hydrogen-bond donors (Lipinski definition) is 2. The van der Waals surface area contributed by atoms with Gasteiger partial charge in [-0.2, -0.15) is 5.26 Å². The lowest BCUT2D eigenvalue weighted by atomic mass is 9.91. The average Bonchev–Trinajstić information content (AvgIpc) is 3.32. The second kappa shape index (κ2) is 7.49. The number of fused-ring (bicyclic) bond motifs is 1. The lowest BCUT2D eigenvalue weighted by molar-refractivity contribution is 0.414. The van der Waals surface area contributed by atoms with E-state index in [0.717, 1.165) is 16.8 Å². The summed E-state index contributed by atoms with van der Waals surface area (Å²) in [4.78, 5) is 7.45. The van der Waals surface area contributed by atoms with Crippen molar-refractivity contribution in [1.82, 2.24) is 9.97 Å². The van der Waals surface area contributed by atoms with E-state index in [1.807, 2.05) is 30.5 Å². The molecule has 0 radical (unpaired) electrons. The number of nitrogens with zero attached hydrogens (tertiary/aromatic N) is 2. The van der Waals surface area contributed by atoms with Crippen molar-refractivity contribution < 1.29 is 9.15 Å². The minimum Gasteiger partial charge on any atom is -0.497 e. The molecule has 4 rings (SSSR count). The molecule has 2 N–H and O–H groups in total. The summed E-state index contributed by atoms with van der Waals surface area (Å²) in [5, 5.41) is 13.7. The van der Waals surface area contributed by atoms with Gasteiger partial charge in [-0.1, -0.05) is 30.3 Å². The molecular formula is C22H20N4O2. The van der Waals surface area contributed by atoms with Crippen LogP contribution in [0.2, 0.25) is 0 Å². The molecule has 2 aromatic heterocycles. The van der Waals surface area contributed by atoms with Crippen molar-refractivity contribution in [2.45, 2.75) is 12.8 Å². The van der Waals surface area contributed by atoms with Crippen molar-refractivity contribution >= 4 is 16.8 Å². The van der Waals surface area contributed by atoms with Gasteiger partial charge in [-0.3, -0.25) is 0 Å². The number of aryl methyl sites for hydroxylation is 1. The fraction of sp³-hybridized carbons (Fsp3) is 0.182. The van der Waals surface area contributed by atoms with E-state index in [-0.39, 0.29) is 11.6 Å². The zero-order valence-electron chi connectivity index (χ0n) is 15.7. The minimum absolute atomic E-state index is 0.0407. The molecule has 0 aliphatic carbocycles. The first-order valence-electron chi connectivity index (χ1n) is 9.01. The number of rotatable bonds is 6. The Labute approximate surface area is 162 Å². The molecule has 28 heavy (non-hydrogen) atoms. The van der Waals surface area contributed by atoms with E-state index in [0.29, 0.717) is 18.3 Å². The van der Waals surface area contributed by atoms with Crippen molar-refractivity contribution in [3.8, 4) is 11.8 Å². The number of benzene rings is 2. The number of nitriles is 1. The summed E-state index contributed by atoms with van der Waals surface area (Å²) in [5.74, 6) is 1.72. The molecule has 6 nitrogen and oxygen atoms in total. The predicted octanol–water partition coefficient (Wildman–Crippen LogP) is 4.59. The zero-order chi connectivity index (χ0) is 19.5. The molecule has 0 spiro atoms. The molecule has 0 bridgehead atoms. The largest absolute Gasteiger partial charge is 0.497 e. The normalized spacial score (nSPS) is 11.9. The Balaban J connectivity index is 1.71. The molecule has 1 unspecified atom stereocenters. The molecule has 2 heterocycles. The van der Waals surface area contributed by atoms with Crippen LogP contribution in [0.5, 0.6) is 5.75 Å². The molecule has 0 aliphatic rings. The van der Waals surface area contributed by atoms with Gasteiger partial charge in [0.25, 0.3) is 0 Å². The quantitative estimate of drug-likeness (QED) is 0.517. The highest BCUT2D eigenvalue weighted by atomic mass is 16.5. The second-order valence-corrected chi connectivity index (χ2v) is 6.52. The monoisotopic (exact) mass is 372 g/mol. The number of para-hydroxylation sites is 1. The van der Waals surface area contributed by atoms with E-state index < -0.39 is 0 Å². The van der Waals surface area contributed by atoms with E-state index >= 15 is 0 Å². The van der Waals surface area contributed by atoms with Crippen LogP contribution >= 0.6 is 0 Å². The molecule has 0 saturated heterocycles. The SMILES string of the molecule is COc1ccc(C(CNc2oc(C)nc2C#N)c2c[nH]c3ccccc23)cc1. The van der Waals surface area contributed by atoms with Gasteiger partial charge in [0.2, 0.25) is 11.6 Å². The zero-order valence-corrected chi connectivity index (χ0v) is 15.7. The molecular weight excluding hydrogens is 352 g/mol. The summed E-state index contributed by atoms with van der Waals surface area (Å²) in [6.45, 7) is 2.28. The maximum atomic E-state index is 9.27. The standard InChI is InChI=1S/C22H20N4O2/c1-14-26-21(11-23)22(28-14)25-12-18(15-7-9-16(27-2)10-8-15)19-13-24-20-6-4-3-5-17(19)20/h3-10,13,18,24-25H,12H2,1-2H3. The van der Waals surface area contributed by atoms with Crippen molar-refractivity contribution in [3.05, 3.63) is 77.4 Å². The maximum absolute atomic E-state index is 9.27. The summed E-state index contributed by atoms with van der Waals surface area (Å²) in [6, 6.07) is 18.3. The smallest absolute Gasteiger partial charge is 0.232 e. The summed E-state index contributed by atoms with van der Waals surface area (Å²) >= 11 is 0. The Hall–Kier alpha value is -3.72. The number of ether oxygens (including phenoxy) is 1. The second-order valence-electron chi connectivity index (χ2n) is 6.52. The van der Waals surface area contributed by atoms with Gasteiger partial charge in [-0.15, -0.1) is 0 Å². The van der Waals surface area contributed by atoms with Crippen LogP contribution in [0.4, 0.5) is 5.88 Å². The molecule has 0 aliphatic heterocycles. The van der Waals surface area contributed by atoms with Gasteiger partial charge in [0.05, 0.1) is 7.11 Å². The molecule has 6 heteroatoms. The number of methoxy groups -OCH3 is 1. The summed E-state index contributed by atoms with van der Waals surface area (Å²) in [7, 11) is 1.66. The van der Waals surface area contributed by atoms with Crippen molar-refractivity contribution in [1.29, 1.82) is 5.26 Å². The van der Waals surface area contributed by atoms with Gasteiger partial charge in [0, 0.05) is 36.5 Å². The first kappa shape index (κ1) is 17.7. The van der Waals surface area contributed by atoms with E-state index in [1.165, 1.54) is 10.9 Å². The molecule has 0 saturated carbocycles. The third-order valence-corrected chi connectivity index (χ3v) is 4.82. The average molecular weight is 372 g/mol. The number of aromatic nitrogens is 2. The third kappa shape index (κ3) is 3.30. The van der Waals surface area contributed by atoms with Crippen LogP contribution in [0.25, 0.3) is 10.9 Å². The number of hydrogen-bond acceptors (Lipinski definition) is 5. The number of aromatic amines is 1. The van der Waals surface area contributed by atoms with E-state index in [2.05, 4.69) is 45.6 Å². The highest BCUT2D eigenvalue weighted by Gasteiger charge is 2.20. The van der Waals surface area contributed by atoms with Gasteiger partial charge in [0.15, 0.2) is 5.89 Å². The Morgan fingerprint density at radius 3 is 2.75 bits per heavy atom. The molecule has 0 amide bonds. The first-order chi connectivity index (χ1) is 13.7. The van der Waals surface area contributed by atoms with Crippen LogP contribution in [0.3, 0.4) is 0 Å². The van der Waals surface area contributed by atoms with Gasteiger partial charge >= 0.3 is 0 Å². The fourth-order valence-electron chi connectivity index (χ4n) is 3.44. The predicted molar refractivity (Wildman–Crippen MR) is 108 cm³/mol. The molecule has 0 fully saturated rings. The van der Waals surface area contributed by atoms with Crippen LogP contribution in [0.15, 0.2) is 59.1 Å². The van der Waals surface area contributed by atoms with Crippen LogP contribution in [0.1, 0.15) is 28.6 Å². The van der Waals surface area contributed by atoms with Gasteiger partial charge in [0.1, 0.15) is 11.8 Å². The Bertz CT molecular complexity index is 1140. The van der Waals surface area contributed by atoms with Gasteiger partial charge in [-0.05, 0) is 29.3 Å². The minimum atomic E-state index is 0.0407. The van der Waals surface area contributed by atoms with E-state index in [9.17, 15) is 5.26 Å². The van der Waals surface area contributed by atoms with Gasteiger partial charge < -0.3 is 19.5 Å². The highest BCUT2D eigenvalue weighted by Crippen LogP contribution is 2.32. The molecule has 4 aromatic rings. The van der Waals surface area contributed by atoms with Crippen LogP contribution in [-0.2, 0) is 0 Å². The van der Waals surface area contributed by atoms with Crippen LogP contribution < -0.4 is 10.1 Å². The van der Waals surface area contributed by atoms with E-state index in [4.69, 9.17) is 9.15 Å². The van der Waals surface area contributed by atoms with Gasteiger partial charge in [-0.25, -0.2) is 4.98 Å². The van der Waals surface area contributed by atoms with Crippen LogP contribution in [0, 0.1) is 18.3 Å².